The summed E-state index contributed by atoms with van der Waals surface area (Å²) in [5.41, 5.74) is 2.34. The van der Waals surface area contributed by atoms with Crippen molar-refractivity contribution in [2.45, 2.75) is 39.2 Å². The van der Waals surface area contributed by atoms with Crippen LogP contribution in [0.15, 0.2) is 42.7 Å². The fourth-order valence-electron chi connectivity index (χ4n) is 2.09. The first-order chi connectivity index (χ1) is 9.31. The van der Waals surface area contributed by atoms with Crippen LogP contribution >= 0.6 is 0 Å². The summed E-state index contributed by atoms with van der Waals surface area (Å²) in [6, 6.07) is 10.6. The number of para-hydroxylation sites is 1. The van der Waals surface area contributed by atoms with E-state index in [1.165, 1.54) is 24.8 Å². The SMILES string of the molecule is CCCCCNC(C)c1cnn(-c2ccccc2)c1. The van der Waals surface area contributed by atoms with Crippen molar-refractivity contribution in [1.29, 1.82) is 0 Å². The number of nitrogens with zero attached hydrogens (tertiary/aromatic N) is 2. The Morgan fingerprint density at radius 1 is 1.21 bits per heavy atom. The molecular formula is C16H23N3. The van der Waals surface area contributed by atoms with Crippen LogP contribution in [0.4, 0.5) is 0 Å². The first-order valence-electron chi connectivity index (χ1n) is 7.14. The van der Waals surface area contributed by atoms with Crippen molar-refractivity contribution in [2.75, 3.05) is 6.54 Å². The predicted molar refractivity (Wildman–Crippen MR) is 79.5 cm³/mol. The van der Waals surface area contributed by atoms with E-state index >= 15 is 0 Å². The average Bonchev–Trinajstić information content (AvgIpc) is 2.94. The maximum absolute atomic E-state index is 4.43. The van der Waals surface area contributed by atoms with E-state index in [-0.39, 0.29) is 0 Å². The van der Waals surface area contributed by atoms with Gasteiger partial charge in [-0.15, -0.1) is 0 Å². The standard InChI is InChI=1S/C16H23N3/c1-3-4-8-11-17-14(2)15-12-18-19(13-15)16-9-6-5-7-10-16/h5-7,9-10,12-14,17H,3-4,8,11H2,1-2H3. The predicted octanol–water partition coefficient (Wildman–Crippen LogP) is 3.71. The van der Waals surface area contributed by atoms with E-state index in [9.17, 15) is 0 Å². The molecule has 0 aliphatic carbocycles. The molecule has 0 spiro atoms. The number of unbranched alkanes of at least 4 members (excludes halogenated alkanes) is 2. The van der Waals surface area contributed by atoms with Crippen molar-refractivity contribution in [2.24, 2.45) is 0 Å². The number of hydrogen-bond donors (Lipinski definition) is 1. The first-order valence-corrected chi connectivity index (χ1v) is 7.14. The molecule has 0 radical (unpaired) electrons. The highest BCUT2D eigenvalue weighted by Gasteiger charge is 2.07. The van der Waals surface area contributed by atoms with Gasteiger partial charge >= 0.3 is 0 Å². The lowest BCUT2D eigenvalue weighted by Gasteiger charge is -2.11. The van der Waals surface area contributed by atoms with E-state index in [1.807, 2.05) is 29.1 Å². The lowest BCUT2D eigenvalue weighted by Crippen LogP contribution is -2.19. The van der Waals surface area contributed by atoms with E-state index in [1.54, 1.807) is 0 Å². The van der Waals surface area contributed by atoms with Crippen LogP contribution in [0.5, 0.6) is 0 Å². The van der Waals surface area contributed by atoms with Gasteiger partial charge in [0.05, 0.1) is 11.9 Å². The monoisotopic (exact) mass is 257 g/mol. The Kier molecular flexibility index (Phi) is 5.16. The third kappa shape index (κ3) is 3.93. The Bertz CT molecular complexity index is 476. The van der Waals surface area contributed by atoms with Gasteiger partial charge in [0, 0.05) is 17.8 Å². The molecule has 0 bridgehead atoms. The minimum Gasteiger partial charge on any atom is -0.310 e. The molecule has 1 N–H and O–H groups in total. The Labute approximate surface area is 115 Å². The van der Waals surface area contributed by atoms with Gasteiger partial charge in [0.25, 0.3) is 0 Å². The zero-order chi connectivity index (χ0) is 13.5. The summed E-state index contributed by atoms with van der Waals surface area (Å²) in [4.78, 5) is 0. The Hall–Kier alpha value is -1.61. The van der Waals surface area contributed by atoms with Gasteiger partial charge in [-0.25, -0.2) is 4.68 Å². The van der Waals surface area contributed by atoms with Crippen molar-refractivity contribution in [3.05, 3.63) is 48.3 Å². The molecule has 1 aromatic carbocycles. The fraction of sp³-hybridized carbons (Fsp3) is 0.438. The number of aromatic nitrogens is 2. The lowest BCUT2D eigenvalue weighted by atomic mass is 10.2. The molecule has 2 aromatic rings. The highest BCUT2D eigenvalue weighted by Crippen LogP contribution is 2.14. The van der Waals surface area contributed by atoms with Crippen molar-refractivity contribution in [1.82, 2.24) is 15.1 Å². The zero-order valence-corrected chi connectivity index (χ0v) is 11.8. The van der Waals surface area contributed by atoms with Crippen molar-refractivity contribution in [3.8, 4) is 5.69 Å². The fourth-order valence-corrected chi connectivity index (χ4v) is 2.09. The van der Waals surface area contributed by atoms with Crippen molar-refractivity contribution >= 4 is 0 Å². The molecule has 102 valence electrons. The van der Waals surface area contributed by atoms with E-state index in [0.717, 1.165) is 12.2 Å². The van der Waals surface area contributed by atoms with Gasteiger partial charge in [-0.05, 0) is 32.0 Å². The Morgan fingerprint density at radius 2 is 2.00 bits per heavy atom. The maximum atomic E-state index is 4.43. The summed E-state index contributed by atoms with van der Waals surface area (Å²) in [6.45, 7) is 5.50. The second kappa shape index (κ2) is 7.10. The summed E-state index contributed by atoms with van der Waals surface area (Å²) in [6.07, 6.45) is 7.86. The third-order valence-corrected chi connectivity index (χ3v) is 3.35. The highest BCUT2D eigenvalue weighted by molar-refractivity contribution is 5.31. The van der Waals surface area contributed by atoms with Crippen molar-refractivity contribution in [3.63, 3.8) is 0 Å². The van der Waals surface area contributed by atoms with Crippen LogP contribution in [0.2, 0.25) is 0 Å². The molecular weight excluding hydrogens is 234 g/mol. The number of benzene rings is 1. The van der Waals surface area contributed by atoms with E-state index < -0.39 is 0 Å². The van der Waals surface area contributed by atoms with Crippen LogP contribution in [0, 0.1) is 0 Å². The average molecular weight is 257 g/mol. The quantitative estimate of drug-likeness (QED) is 0.766. The normalized spacial score (nSPS) is 12.5. The molecule has 0 saturated heterocycles. The van der Waals surface area contributed by atoms with E-state index in [4.69, 9.17) is 0 Å². The number of nitrogens with one attached hydrogen (secondary N) is 1. The molecule has 1 aromatic heterocycles. The van der Waals surface area contributed by atoms with E-state index in [2.05, 4.69) is 42.6 Å². The second-order valence-electron chi connectivity index (χ2n) is 4.94. The van der Waals surface area contributed by atoms with Crippen LogP contribution < -0.4 is 5.32 Å². The summed E-state index contributed by atoms with van der Waals surface area (Å²) in [5.74, 6) is 0. The zero-order valence-electron chi connectivity index (χ0n) is 11.8. The van der Waals surface area contributed by atoms with Crippen LogP contribution in [0.25, 0.3) is 5.69 Å². The second-order valence-corrected chi connectivity index (χ2v) is 4.94. The highest BCUT2D eigenvalue weighted by atomic mass is 15.3. The lowest BCUT2D eigenvalue weighted by molar-refractivity contribution is 0.544. The molecule has 0 aliphatic rings. The molecule has 0 fully saturated rings. The molecule has 2 rings (SSSR count). The van der Waals surface area contributed by atoms with Gasteiger partial charge in [0.1, 0.15) is 0 Å². The third-order valence-electron chi connectivity index (χ3n) is 3.35. The van der Waals surface area contributed by atoms with Crippen LogP contribution in [0.3, 0.4) is 0 Å². The van der Waals surface area contributed by atoms with Gasteiger partial charge in [0.15, 0.2) is 0 Å². The molecule has 0 saturated carbocycles. The smallest absolute Gasteiger partial charge is 0.0645 e. The van der Waals surface area contributed by atoms with Gasteiger partial charge in [-0.1, -0.05) is 38.0 Å². The minimum atomic E-state index is 0.356. The van der Waals surface area contributed by atoms with Crippen molar-refractivity contribution < 1.29 is 0 Å². The molecule has 1 heterocycles. The first kappa shape index (κ1) is 13.8. The molecule has 1 unspecified atom stereocenters. The van der Waals surface area contributed by atoms with Crippen LogP contribution in [0.1, 0.15) is 44.7 Å². The summed E-state index contributed by atoms with van der Waals surface area (Å²) < 4.78 is 1.93. The molecule has 3 heteroatoms. The van der Waals surface area contributed by atoms with Crippen LogP contribution in [-0.4, -0.2) is 16.3 Å². The molecule has 0 amide bonds. The van der Waals surface area contributed by atoms with E-state index in [0.29, 0.717) is 6.04 Å². The van der Waals surface area contributed by atoms with Gasteiger partial charge in [-0.2, -0.15) is 5.10 Å². The minimum absolute atomic E-state index is 0.356. The largest absolute Gasteiger partial charge is 0.310 e. The maximum Gasteiger partial charge on any atom is 0.0645 e. The Morgan fingerprint density at radius 3 is 2.74 bits per heavy atom. The summed E-state index contributed by atoms with van der Waals surface area (Å²) >= 11 is 0. The number of rotatable bonds is 7. The number of hydrogen-bond acceptors (Lipinski definition) is 2. The topological polar surface area (TPSA) is 29.9 Å². The van der Waals surface area contributed by atoms with Gasteiger partial charge in [0.2, 0.25) is 0 Å². The van der Waals surface area contributed by atoms with Crippen LogP contribution in [-0.2, 0) is 0 Å². The molecule has 0 aliphatic heterocycles. The summed E-state index contributed by atoms with van der Waals surface area (Å²) in [5, 5.41) is 7.97. The molecule has 19 heavy (non-hydrogen) atoms. The molecule has 3 nitrogen and oxygen atoms in total. The van der Waals surface area contributed by atoms with Gasteiger partial charge in [-0.3, -0.25) is 0 Å². The molecule has 1 atom stereocenters. The van der Waals surface area contributed by atoms with Gasteiger partial charge < -0.3 is 5.32 Å². The Balaban J connectivity index is 1.93. The summed E-state index contributed by atoms with van der Waals surface area (Å²) in [7, 11) is 0.